The number of benzene rings is 1. The monoisotopic (exact) mass is 349 g/mol. The third kappa shape index (κ3) is 3.97. The number of hydrogen-bond donors (Lipinski definition) is 1. The van der Waals surface area contributed by atoms with Gasteiger partial charge < -0.3 is 14.8 Å². The number of amides is 1. The fourth-order valence-electron chi connectivity index (χ4n) is 2.53. The second-order valence-corrected chi connectivity index (χ2v) is 5.53. The van der Waals surface area contributed by atoms with Crippen LogP contribution >= 0.6 is 0 Å². The van der Waals surface area contributed by atoms with E-state index in [1.54, 1.807) is 43.9 Å². The van der Waals surface area contributed by atoms with Crippen LogP contribution in [0.4, 0.5) is 0 Å². The molecule has 0 saturated carbocycles. The van der Waals surface area contributed by atoms with Gasteiger partial charge in [-0.1, -0.05) is 0 Å². The third-order valence-corrected chi connectivity index (χ3v) is 3.91. The van der Waals surface area contributed by atoms with Gasteiger partial charge in [0, 0.05) is 36.8 Å². The molecule has 0 aliphatic carbocycles. The largest absolute Gasteiger partial charge is 0.497 e. The lowest BCUT2D eigenvalue weighted by atomic mass is 10.1. The molecule has 0 spiro atoms. The zero-order valence-electron chi connectivity index (χ0n) is 14.6. The van der Waals surface area contributed by atoms with Gasteiger partial charge in [-0.05, 0) is 42.0 Å². The lowest BCUT2D eigenvalue weighted by molar-refractivity contribution is 0.0948. The molecule has 26 heavy (non-hydrogen) atoms. The molecule has 1 aromatic carbocycles. The van der Waals surface area contributed by atoms with Crippen LogP contribution in [0.2, 0.25) is 0 Å². The minimum atomic E-state index is -0.216. The van der Waals surface area contributed by atoms with E-state index >= 15 is 0 Å². The number of nitrogens with one attached hydrogen (secondary N) is 1. The maximum absolute atomic E-state index is 12.5. The van der Waals surface area contributed by atoms with E-state index in [-0.39, 0.29) is 5.91 Å². The Morgan fingerprint density at radius 1 is 1.00 bits per heavy atom. The van der Waals surface area contributed by atoms with Crippen LogP contribution in [-0.4, -0.2) is 30.1 Å². The number of aromatic nitrogens is 2. The summed E-state index contributed by atoms with van der Waals surface area (Å²) in [5, 5.41) is 2.91. The van der Waals surface area contributed by atoms with Gasteiger partial charge in [0.2, 0.25) is 0 Å². The van der Waals surface area contributed by atoms with E-state index in [4.69, 9.17) is 9.47 Å². The molecule has 0 radical (unpaired) electrons. The molecule has 6 nitrogen and oxygen atoms in total. The number of rotatable bonds is 6. The Hall–Kier alpha value is -3.41. The van der Waals surface area contributed by atoms with Crippen molar-refractivity contribution in [3.05, 3.63) is 72.2 Å². The number of ether oxygens (including phenoxy) is 2. The average molecular weight is 349 g/mol. The summed E-state index contributed by atoms with van der Waals surface area (Å²) in [5.74, 6) is 0.885. The Balaban J connectivity index is 1.72. The fourth-order valence-corrected chi connectivity index (χ4v) is 2.53. The molecule has 132 valence electrons. The topological polar surface area (TPSA) is 73.3 Å². The van der Waals surface area contributed by atoms with Crippen LogP contribution in [0.5, 0.6) is 11.5 Å². The first-order valence-corrected chi connectivity index (χ1v) is 8.07. The van der Waals surface area contributed by atoms with E-state index < -0.39 is 0 Å². The minimum Gasteiger partial charge on any atom is -0.497 e. The van der Waals surface area contributed by atoms with Crippen LogP contribution in [0.25, 0.3) is 11.3 Å². The number of pyridine rings is 2. The molecule has 0 unspecified atom stereocenters. The molecular formula is C20H19N3O3. The molecule has 0 saturated heterocycles. The van der Waals surface area contributed by atoms with Crippen molar-refractivity contribution in [1.82, 2.24) is 15.3 Å². The Kier molecular flexibility index (Phi) is 5.43. The summed E-state index contributed by atoms with van der Waals surface area (Å²) in [4.78, 5) is 20.9. The van der Waals surface area contributed by atoms with E-state index in [9.17, 15) is 4.79 Å². The van der Waals surface area contributed by atoms with Gasteiger partial charge in [-0.25, -0.2) is 0 Å². The van der Waals surface area contributed by atoms with Crippen LogP contribution in [-0.2, 0) is 6.54 Å². The van der Waals surface area contributed by atoms with Crippen molar-refractivity contribution >= 4 is 5.91 Å². The van der Waals surface area contributed by atoms with Crippen molar-refractivity contribution in [2.75, 3.05) is 14.2 Å². The number of hydrogen-bond acceptors (Lipinski definition) is 5. The molecule has 2 aromatic heterocycles. The molecule has 0 aliphatic rings. The normalized spacial score (nSPS) is 10.2. The number of carbonyl (C=O) groups excluding carboxylic acids is 1. The number of carbonyl (C=O) groups is 1. The molecule has 6 heteroatoms. The van der Waals surface area contributed by atoms with Crippen LogP contribution in [0.1, 0.15) is 15.9 Å². The first kappa shape index (κ1) is 17.4. The van der Waals surface area contributed by atoms with Gasteiger partial charge in [-0.15, -0.1) is 0 Å². The van der Waals surface area contributed by atoms with Crippen molar-refractivity contribution in [3.8, 4) is 22.8 Å². The van der Waals surface area contributed by atoms with Crippen molar-refractivity contribution in [1.29, 1.82) is 0 Å². The van der Waals surface area contributed by atoms with Gasteiger partial charge in [0.25, 0.3) is 5.91 Å². The first-order chi connectivity index (χ1) is 12.7. The zero-order chi connectivity index (χ0) is 18.4. The van der Waals surface area contributed by atoms with E-state index in [0.717, 1.165) is 16.8 Å². The number of methoxy groups -OCH3 is 2. The van der Waals surface area contributed by atoms with Gasteiger partial charge in [0.05, 0.1) is 25.5 Å². The van der Waals surface area contributed by atoms with E-state index in [1.165, 1.54) is 7.11 Å². The Morgan fingerprint density at radius 3 is 2.54 bits per heavy atom. The van der Waals surface area contributed by atoms with Crippen molar-refractivity contribution in [2.24, 2.45) is 0 Å². The molecule has 0 aliphatic heterocycles. The van der Waals surface area contributed by atoms with Crippen molar-refractivity contribution in [3.63, 3.8) is 0 Å². The summed E-state index contributed by atoms with van der Waals surface area (Å²) in [5.41, 5.74) is 3.22. The molecule has 0 fully saturated rings. The third-order valence-electron chi connectivity index (χ3n) is 3.91. The molecule has 3 aromatic rings. The van der Waals surface area contributed by atoms with E-state index in [2.05, 4.69) is 15.3 Å². The maximum Gasteiger partial charge on any atom is 0.255 e. The maximum atomic E-state index is 12.5. The van der Waals surface area contributed by atoms with Gasteiger partial charge >= 0.3 is 0 Å². The van der Waals surface area contributed by atoms with E-state index in [1.807, 2.05) is 24.3 Å². The summed E-state index contributed by atoms with van der Waals surface area (Å²) in [6.07, 6.45) is 5.17. The lowest BCUT2D eigenvalue weighted by Gasteiger charge is -2.11. The number of nitrogens with zero attached hydrogens (tertiary/aromatic N) is 2. The molecule has 1 amide bonds. The Morgan fingerprint density at radius 2 is 1.81 bits per heavy atom. The summed E-state index contributed by atoms with van der Waals surface area (Å²) >= 11 is 0. The Bertz CT molecular complexity index is 898. The lowest BCUT2D eigenvalue weighted by Crippen LogP contribution is -2.23. The molecule has 3 rings (SSSR count). The SMILES string of the molecule is COc1ccc(C(=O)NCc2ccnc(-c3ccncc3)c2)c(OC)c1. The highest BCUT2D eigenvalue weighted by Crippen LogP contribution is 2.24. The van der Waals surface area contributed by atoms with Gasteiger partial charge in [0.15, 0.2) is 0 Å². The van der Waals surface area contributed by atoms with Crippen LogP contribution in [0.15, 0.2) is 61.1 Å². The predicted molar refractivity (Wildman–Crippen MR) is 98.2 cm³/mol. The van der Waals surface area contributed by atoms with Crippen molar-refractivity contribution < 1.29 is 14.3 Å². The predicted octanol–water partition coefficient (Wildman–Crippen LogP) is 3.09. The summed E-state index contributed by atoms with van der Waals surface area (Å²) in [7, 11) is 3.09. The van der Waals surface area contributed by atoms with E-state index in [0.29, 0.717) is 23.6 Å². The Labute approximate surface area is 151 Å². The minimum absolute atomic E-state index is 0.216. The zero-order valence-corrected chi connectivity index (χ0v) is 14.6. The first-order valence-electron chi connectivity index (χ1n) is 8.07. The molecule has 0 atom stereocenters. The summed E-state index contributed by atoms with van der Waals surface area (Å²) < 4.78 is 10.4. The van der Waals surface area contributed by atoms with Crippen LogP contribution < -0.4 is 14.8 Å². The second-order valence-electron chi connectivity index (χ2n) is 5.53. The highest BCUT2D eigenvalue weighted by atomic mass is 16.5. The summed E-state index contributed by atoms with van der Waals surface area (Å²) in [6.45, 7) is 0.384. The summed E-state index contributed by atoms with van der Waals surface area (Å²) in [6, 6.07) is 12.7. The smallest absolute Gasteiger partial charge is 0.255 e. The quantitative estimate of drug-likeness (QED) is 0.740. The highest BCUT2D eigenvalue weighted by Gasteiger charge is 2.13. The molecular weight excluding hydrogens is 330 g/mol. The second kappa shape index (κ2) is 8.11. The molecule has 0 bridgehead atoms. The van der Waals surface area contributed by atoms with Gasteiger partial charge in [-0.2, -0.15) is 0 Å². The standard InChI is InChI=1S/C20H19N3O3/c1-25-16-3-4-17(19(12-16)26-2)20(24)23-13-14-5-10-22-18(11-14)15-6-8-21-9-7-15/h3-12H,13H2,1-2H3,(H,23,24). The van der Waals surface area contributed by atoms with Crippen LogP contribution in [0, 0.1) is 0 Å². The van der Waals surface area contributed by atoms with Crippen molar-refractivity contribution in [2.45, 2.75) is 6.54 Å². The van der Waals surface area contributed by atoms with Gasteiger partial charge in [-0.3, -0.25) is 14.8 Å². The average Bonchev–Trinajstić information content (AvgIpc) is 2.72. The fraction of sp³-hybridized carbons (Fsp3) is 0.150. The van der Waals surface area contributed by atoms with Gasteiger partial charge in [0.1, 0.15) is 11.5 Å². The highest BCUT2D eigenvalue weighted by molar-refractivity contribution is 5.97. The molecule has 1 N–H and O–H groups in total. The van der Waals surface area contributed by atoms with Crippen LogP contribution in [0.3, 0.4) is 0 Å². The molecule has 2 heterocycles.